The van der Waals surface area contributed by atoms with Crippen LogP contribution in [0.5, 0.6) is 0 Å². The summed E-state index contributed by atoms with van der Waals surface area (Å²) in [5.41, 5.74) is 3.63. The second-order valence-electron chi connectivity index (χ2n) is 7.54. The van der Waals surface area contributed by atoms with Crippen molar-refractivity contribution in [1.29, 1.82) is 0 Å². The Balaban J connectivity index is 1.42. The third kappa shape index (κ3) is 5.17. The number of aromatic nitrogens is 1. The minimum Gasteiger partial charge on any atom is -0.379 e. The first kappa shape index (κ1) is 19.5. The van der Waals surface area contributed by atoms with Crippen LogP contribution in [-0.2, 0) is 17.8 Å². The Morgan fingerprint density at radius 2 is 1.93 bits per heavy atom. The second-order valence-corrected chi connectivity index (χ2v) is 8.54. The number of fused-ring (bicyclic) bond motifs is 1. The molecule has 0 unspecified atom stereocenters. The number of morpholine rings is 1. The quantitative estimate of drug-likeness (QED) is 0.568. The molecule has 0 amide bonds. The predicted molar refractivity (Wildman–Crippen MR) is 117 cm³/mol. The summed E-state index contributed by atoms with van der Waals surface area (Å²) < 4.78 is 5.47. The van der Waals surface area contributed by atoms with E-state index in [4.69, 9.17) is 9.72 Å². The van der Waals surface area contributed by atoms with Crippen LogP contribution in [0, 0.1) is 6.92 Å². The van der Waals surface area contributed by atoms with Gasteiger partial charge in [0.05, 0.1) is 24.4 Å². The minimum atomic E-state index is 0.874. The van der Waals surface area contributed by atoms with E-state index in [1.165, 1.54) is 22.2 Å². The van der Waals surface area contributed by atoms with Crippen molar-refractivity contribution < 1.29 is 4.74 Å². The van der Waals surface area contributed by atoms with Gasteiger partial charge in [-0.2, -0.15) is 0 Å². The van der Waals surface area contributed by atoms with E-state index in [1.54, 1.807) is 0 Å². The largest absolute Gasteiger partial charge is 0.379 e. The van der Waals surface area contributed by atoms with Gasteiger partial charge in [0, 0.05) is 43.0 Å². The number of ether oxygens (including phenoxy) is 1. The van der Waals surface area contributed by atoms with Crippen molar-refractivity contribution in [3.8, 4) is 0 Å². The zero-order chi connectivity index (χ0) is 19.2. The average Bonchev–Trinajstić information content (AvgIpc) is 3.13. The fourth-order valence-corrected chi connectivity index (χ4v) is 4.70. The van der Waals surface area contributed by atoms with Crippen molar-refractivity contribution in [3.63, 3.8) is 0 Å². The Bertz CT molecular complexity index is 888. The minimum absolute atomic E-state index is 0.874. The van der Waals surface area contributed by atoms with Gasteiger partial charge in [0.25, 0.3) is 0 Å². The maximum atomic E-state index is 5.47. The van der Waals surface area contributed by atoms with E-state index in [9.17, 15) is 0 Å². The monoisotopic (exact) mass is 395 g/mol. The Morgan fingerprint density at radius 3 is 2.75 bits per heavy atom. The molecule has 1 aliphatic heterocycles. The van der Waals surface area contributed by atoms with Gasteiger partial charge in [-0.05, 0) is 49.0 Å². The maximum Gasteiger partial charge on any atom is 0.0705 e. The van der Waals surface area contributed by atoms with Gasteiger partial charge in [-0.15, -0.1) is 11.3 Å². The summed E-state index contributed by atoms with van der Waals surface area (Å²) in [6.45, 7) is 10.2. The van der Waals surface area contributed by atoms with E-state index in [2.05, 4.69) is 64.6 Å². The summed E-state index contributed by atoms with van der Waals surface area (Å²) in [4.78, 5) is 11.4. The van der Waals surface area contributed by atoms with Gasteiger partial charge in [0.2, 0.25) is 0 Å². The maximum absolute atomic E-state index is 5.47. The number of thiophene rings is 1. The molecule has 4 nitrogen and oxygen atoms in total. The lowest BCUT2D eigenvalue weighted by molar-refractivity contribution is 0.0359. The molecule has 0 bridgehead atoms. The summed E-state index contributed by atoms with van der Waals surface area (Å²) in [6.07, 6.45) is 1.18. The SMILES string of the molecule is Cc1ccsc1CN(CCCN1CCOCC1)Cc1ccc2ccccc2n1. The molecule has 2 aromatic heterocycles. The van der Waals surface area contributed by atoms with Crippen LogP contribution in [-0.4, -0.2) is 54.2 Å². The zero-order valence-electron chi connectivity index (χ0n) is 16.6. The molecule has 0 aliphatic carbocycles. The highest BCUT2D eigenvalue weighted by molar-refractivity contribution is 7.10. The molecule has 0 radical (unpaired) electrons. The van der Waals surface area contributed by atoms with Crippen LogP contribution in [0.25, 0.3) is 10.9 Å². The van der Waals surface area contributed by atoms with Crippen LogP contribution < -0.4 is 0 Å². The summed E-state index contributed by atoms with van der Waals surface area (Å²) in [7, 11) is 0. The number of nitrogens with zero attached hydrogens (tertiary/aromatic N) is 3. The molecule has 1 fully saturated rings. The van der Waals surface area contributed by atoms with E-state index >= 15 is 0 Å². The number of aryl methyl sites for hydroxylation is 1. The fraction of sp³-hybridized carbons (Fsp3) is 0.435. The molecular formula is C23H29N3OS. The Morgan fingerprint density at radius 1 is 1.07 bits per heavy atom. The Kier molecular flexibility index (Phi) is 6.70. The molecule has 1 aliphatic rings. The lowest BCUT2D eigenvalue weighted by atomic mass is 10.2. The molecular weight excluding hydrogens is 366 g/mol. The van der Waals surface area contributed by atoms with Gasteiger partial charge in [0.1, 0.15) is 0 Å². The van der Waals surface area contributed by atoms with E-state index in [0.717, 1.165) is 63.7 Å². The number of para-hydroxylation sites is 1. The molecule has 5 heteroatoms. The summed E-state index contributed by atoms with van der Waals surface area (Å²) in [6, 6.07) is 15.0. The molecule has 4 rings (SSSR count). The van der Waals surface area contributed by atoms with E-state index < -0.39 is 0 Å². The first-order valence-electron chi connectivity index (χ1n) is 10.2. The van der Waals surface area contributed by atoms with E-state index in [0.29, 0.717) is 0 Å². The van der Waals surface area contributed by atoms with Gasteiger partial charge in [0.15, 0.2) is 0 Å². The number of rotatable bonds is 8. The van der Waals surface area contributed by atoms with Crippen LogP contribution in [0.4, 0.5) is 0 Å². The van der Waals surface area contributed by atoms with E-state index in [1.807, 2.05) is 11.3 Å². The van der Waals surface area contributed by atoms with Crippen LogP contribution in [0.15, 0.2) is 47.8 Å². The molecule has 1 saturated heterocycles. The van der Waals surface area contributed by atoms with E-state index in [-0.39, 0.29) is 0 Å². The normalized spacial score (nSPS) is 15.5. The molecule has 148 valence electrons. The van der Waals surface area contributed by atoms with Crippen LogP contribution in [0.3, 0.4) is 0 Å². The molecule has 0 saturated carbocycles. The third-order valence-electron chi connectivity index (χ3n) is 5.43. The van der Waals surface area contributed by atoms with Crippen molar-refractivity contribution in [2.75, 3.05) is 39.4 Å². The topological polar surface area (TPSA) is 28.6 Å². The van der Waals surface area contributed by atoms with Crippen molar-refractivity contribution in [2.45, 2.75) is 26.4 Å². The Hall–Kier alpha value is -1.79. The summed E-state index contributed by atoms with van der Waals surface area (Å²) >= 11 is 1.86. The lowest BCUT2D eigenvalue weighted by Crippen LogP contribution is -2.38. The fourth-order valence-electron chi connectivity index (χ4n) is 3.75. The summed E-state index contributed by atoms with van der Waals surface area (Å²) in [5, 5.41) is 3.41. The molecule has 28 heavy (non-hydrogen) atoms. The standard InChI is InChI=1S/C23H29N3OS/c1-19-9-16-28-23(19)18-26(11-4-10-25-12-14-27-15-13-25)17-21-8-7-20-5-2-3-6-22(20)24-21/h2-3,5-9,16H,4,10-15,17-18H2,1H3. The number of hydrogen-bond acceptors (Lipinski definition) is 5. The predicted octanol–water partition coefficient (Wildman–Crippen LogP) is 4.33. The van der Waals surface area contributed by atoms with Gasteiger partial charge in [-0.1, -0.05) is 24.3 Å². The number of hydrogen-bond donors (Lipinski definition) is 0. The first-order valence-corrected chi connectivity index (χ1v) is 11.1. The van der Waals surface area contributed by atoms with Crippen molar-refractivity contribution in [2.24, 2.45) is 0 Å². The molecule has 1 aromatic carbocycles. The zero-order valence-corrected chi connectivity index (χ0v) is 17.5. The number of pyridine rings is 1. The smallest absolute Gasteiger partial charge is 0.0705 e. The highest BCUT2D eigenvalue weighted by atomic mass is 32.1. The van der Waals surface area contributed by atoms with Gasteiger partial charge < -0.3 is 4.74 Å². The van der Waals surface area contributed by atoms with Crippen molar-refractivity contribution in [3.05, 3.63) is 64.0 Å². The first-order chi connectivity index (χ1) is 13.8. The second kappa shape index (κ2) is 9.61. The summed E-state index contributed by atoms with van der Waals surface area (Å²) in [5.74, 6) is 0. The van der Waals surface area contributed by atoms with Gasteiger partial charge in [-0.25, -0.2) is 0 Å². The Labute approximate surface area is 171 Å². The van der Waals surface area contributed by atoms with Gasteiger partial charge >= 0.3 is 0 Å². The molecule has 3 heterocycles. The number of benzene rings is 1. The van der Waals surface area contributed by atoms with Crippen LogP contribution >= 0.6 is 11.3 Å². The van der Waals surface area contributed by atoms with Crippen LogP contribution in [0.2, 0.25) is 0 Å². The lowest BCUT2D eigenvalue weighted by Gasteiger charge is -2.28. The molecule has 0 atom stereocenters. The average molecular weight is 396 g/mol. The molecule has 0 spiro atoms. The van der Waals surface area contributed by atoms with Crippen molar-refractivity contribution >= 4 is 22.2 Å². The highest BCUT2D eigenvalue weighted by Crippen LogP contribution is 2.20. The molecule has 3 aromatic rings. The third-order valence-corrected chi connectivity index (χ3v) is 6.44. The van der Waals surface area contributed by atoms with Crippen LogP contribution in [0.1, 0.15) is 22.6 Å². The highest BCUT2D eigenvalue weighted by Gasteiger charge is 2.14. The van der Waals surface area contributed by atoms with Crippen molar-refractivity contribution in [1.82, 2.24) is 14.8 Å². The van der Waals surface area contributed by atoms with Gasteiger partial charge in [-0.3, -0.25) is 14.8 Å². The molecule has 0 N–H and O–H groups in total.